The second-order valence-corrected chi connectivity index (χ2v) is 6.29. The van der Waals surface area contributed by atoms with Crippen LogP contribution in [-0.4, -0.2) is 37.3 Å². The number of carbonyl (C=O) groups is 4. The maximum atomic E-state index is 12.3. The van der Waals surface area contributed by atoms with E-state index < -0.39 is 24.1 Å². The fourth-order valence-electron chi connectivity index (χ4n) is 2.28. The van der Waals surface area contributed by atoms with Crippen molar-refractivity contribution in [3.63, 3.8) is 0 Å². The molecule has 0 aliphatic carbocycles. The van der Waals surface area contributed by atoms with Crippen LogP contribution < -0.4 is 14.2 Å². The Labute approximate surface area is 190 Å². The van der Waals surface area contributed by atoms with E-state index in [0.717, 1.165) is 12.2 Å². The quantitative estimate of drug-likeness (QED) is 0.163. The molecule has 0 heterocycles. The molecule has 0 saturated carbocycles. The van der Waals surface area contributed by atoms with Gasteiger partial charge in [0.25, 0.3) is 0 Å². The first-order valence-corrected chi connectivity index (χ1v) is 9.81. The van der Waals surface area contributed by atoms with Gasteiger partial charge < -0.3 is 23.7 Å². The number of hydrogen-bond acceptors (Lipinski definition) is 9. The number of rotatable bonds is 11. The van der Waals surface area contributed by atoms with Crippen LogP contribution in [0.4, 0.5) is 4.79 Å². The van der Waals surface area contributed by atoms with Gasteiger partial charge in [0.15, 0.2) is 0 Å². The summed E-state index contributed by atoms with van der Waals surface area (Å²) in [5.74, 6) is -1.02. The molecule has 0 radical (unpaired) electrons. The zero-order valence-electron chi connectivity index (χ0n) is 17.7. The van der Waals surface area contributed by atoms with Gasteiger partial charge in [0.05, 0.1) is 18.8 Å². The Hall–Kier alpha value is -4.40. The largest absolute Gasteiger partial charge is 0.513 e. The van der Waals surface area contributed by atoms with Crippen LogP contribution in [0.3, 0.4) is 0 Å². The molecule has 9 nitrogen and oxygen atoms in total. The van der Waals surface area contributed by atoms with E-state index in [4.69, 9.17) is 23.7 Å². The minimum atomic E-state index is -0.898. The summed E-state index contributed by atoms with van der Waals surface area (Å²) in [5, 5.41) is 0. The third-order valence-corrected chi connectivity index (χ3v) is 3.88. The summed E-state index contributed by atoms with van der Waals surface area (Å²) >= 11 is 0. The summed E-state index contributed by atoms with van der Waals surface area (Å²) in [5.41, 5.74) is 0.229. The highest BCUT2D eigenvalue weighted by Gasteiger charge is 2.11. The van der Waals surface area contributed by atoms with Gasteiger partial charge in [-0.2, -0.15) is 0 Å². The van der Waals surface area contributed by atoms with E-state index in [1.165, 1.54) is 48.5 Å². The first-order valence-electron chi connectivity index (χ1n) is 9.81. The van der Waals surface area contributed by atoms with Crippen LogP contribution in [0, 0.1) is 0 Å². The Balaban J connectivity index is 1.75. The van der Waals surface area contributed by atoms with Crippen LogP contribution in [0.2, 0.25) is 0 Å². The predicted octanol–water partition coefficient (Wildman–Crippen LogP) is 4.02. The first-order chi connectivity index (χ1) is 15.9. The van der Waals surface area contributed by atoms with Crippen molar-refractivity contribution in [1.82, 2.24) is 0 Å². The molecule has 2 rings (SSSR count). The average molecular weight is 454 g/mol. The first kappa shape index (κ1) is 24.9. The predicted molar refractivity (Wildman–Crippen MR) is 116 cm³/mol. The summed E-state index contributed by atoms with van der Waals surface area (Å²) in [7, 11) is 0. The van der Waals surface area contributed by atoms with Gasteiger partial charge in [0.1, 0.15) is 17.2 Å². The molecule has 0 atom stereocenters. The van der Waals surface area contributed by atoms with Gasteiger partial charge in [-0.05, 0) is 61.4 Å². The second-order valence-electron chi connectivity index (χ2n) is 6.29. The van der Waals surface area contributed by atoms with E-state index in [2.05, 4.69) is 13.2 Å². The average Bonchev–Trinajstić information content (AvgIpc) is 2.82. The number of hydrogen-bond donors (Lipinski definition) is 0. The summed E-state index contributed by atoms with van der Waals surface area (Å²) in [6.45, 7) is 6.89. The molecule has 0 aliphatic rings. The Bertz CT molecular complexity index is 992. The van der Waals surface area contributed by atoms with E-state index >= 15 is 0 Å². The van der Waals surface area contributed by atoms with Gasteiger partial charge in [0.2, 0.25) is 0 Å². The van der Waals surface area contributed by atoms with Gasteiger partial charge in [-0.1, -0.05) is 13.2 Å². The molecular formula is C24H22O9. The van der Waals surface area contributed by atoms with Crippen LogP contribution in [-0.2, 0) is 19.1 Å². The molecule has 0 spiro atoms. The standard InChI is InChI=1S/C24H22O9/c1-3-21(25)29-15-5-6-16-30-24(28)33-20-9-7-17(8-10-20)23(27)32-19-13-11-18(12-14-19)31-22(26)4-2/h3-4,7-14H,1-2,5-6,15-16H2. The summed E-state index contributed by atoms with van der Waals surface area (Å²) in [6, 6.07) is 11.6. The Morgan fingerprint density at radius 1 is 0.636 bits per heavy atom. The summed E-state index contributed by atoms with van der Waals surface area (Å²) < 4.78 is 24.9. The lowest BCUT2D eigenvalue weighted by Crippen LogP contribution is -2.12. The molecular weight excluding hydrogens is 432 g/mol. The molecule has 0 aromatic heterocycles. The lowest BCUT2D eigenvalue weighted by molar-refractivity contribution is -0.138. The third kappa shape index (κ3) is 9.09. The molecule has 0 saturated heterocycles. The zero-order chi connectivity index (χ0) is 24.1. The Morgan fingerprint density at radius 3 is 1.70 bits per heavy atom. The second kappa shape index (κ2) is 13.1. The highest BCUT2D eigenvalue weighted by Crippen LogP contribution is 2.20. The number of esters is 3. The molecule has 0 aliphatic heterocycles. The van der Waals surface area contributed by atoms with Crippen LogP contribution >= 0.6 is 0 Å². The zero-order valence-corrected chi connectivity index (χ0v) is 17.7. The molecule has 9 heteroatoms. The third-order valence-electron chi connectivity index (χ3n) is 3.88. The highest BCUT2D eigenvalue weighted by molar-refractivity contribution is 5.91. The molecule has 172 valence electrons. The molecule has 2 aromatic rings. The summed E-state index contributed by atoms with van der Waals surface area (Å²) in [6.07, 6.45) is 2.22. The Morgan fingerprint density at radius 2 is 1.12 bits per heavy atom. The molecule has 0 N–H and O–H groups in total. The molecule has 0 bridgehead atoms. The number of unbranched alkanes of at least 4 members (excludes halogenated alkanes) is 1. The van der Waals surface area contributed by atoms with Crippen molar-refractivity contribution in [2.75, 3.05) is 13.2 Å². The van der Waals surface area contributed by atoms with Gasteiger partial charge in [0, 0.05) is 12.2 Å². The number of ether oxygens (including phenoxy) is 5. The van der Waals surface area contributed by atoms with Crippen molar-refractivity contribution in [2.45, 2.75) is 12.8 Å². The molecule has 0 unspecified atom stereocenters. The normalized spacial score (nSPS) is 9.82. The fraction of sp³-hybridized carbons (Fsp3) is 0.167. The van der Waals surface area contributed by atoms with E-state index in [0.29, 0.717) is 12.8 Å². The van der Waals surface area contributed by atoms with Crippen molar-refractivity contribution < 1.29 is 42.9 Å². The van der Waals surface area contributed by atoms with Crippen LogP contribution in [0.1, 0.15) is 23.2 Å². The van der Waals surface area contributed by atoms with Gasteiger partial charge in [-0.25, -0.2) is 19.2 Å². The SMILES string of the molecule is C=CC(=O)OCCCCOC(=O)Oc1ccc(C(=O)Oc2ccc(OC(=O)C=C)cc2)cc1. The van der Waals surface area contributed by atoms with Crippen molar-refractivity contribution in [3.8, 4) is 17.2 Å². The molecule has 0 fully saturated rings. The van der Waals surface area contributed by atoms with E-state index in [1.54, 1.807) is 0 Å². The lowest BCUT2D eigenvalue weighted by Gasteiger charge is -2.08. The minimum absolute atomic E-state index is 0.0977. The van der Waals surface area contributed by atoms with Gasteiger partial charge >= 0.3 is 24.1 Å². The minimum Gasteiger partial charge on any atom is -0.463 e. The Kier molecular flexibility index (Phi) is 9.88. The monoisotopic (exact) mass is 454 g/mol. The molecule has 2 aromatic carbocycles. The van der Waals surface area contributed by atoms with Crippen molar-refractivity contribution in [2.24, 2.45) is 0 Å². The smallest absolute Gasteiger partial charge is 0.463 e. The van der Waals surface area contributed by atoms with E-state index in [9.17, 15) is 19.2 Å². The van der Waals surface area contributed by atoms with Crippen molar-refractivity contribution >= 4 is 24.1 Å². The maximum Gasteiger partial charge on any atom is 0.513 e. The molecule has 33 heavy (non-hydrogen) atoms. The maximum absolute atomic E-state index is 12.3. The van der Waals surface area contributed by atoms with Crippen molar-refractivity contribution in [1.29, 1.82) is 0 Å². The highest BCUT2D eigenvalue weighted by atomic mass is 16.7. The van der Waals surface area contributed by atoms with Crippen LogP contribution in [0.15, 0.2) is 73.8 Å². The number of carbonyl (C=O) groups excluding carboxylic acids is 4. The number of benzene rings is 2. The fourth-order valence-corrected chi connectivity index (χ4v) is 2.28. The van der Waals surface area contributed by atoms with Crippen LogP contribution in [0.25, 0.3) is 0 Å². The van der Waals surface area contributed by atoms with E-state index in [-0.39, 0.29) is 36.0 Å². The van der Waals surface area contributed by atoms with E-state index in [1.807, 2.05) is 0 Å². The topological polar surface area (TPSA) is 114 Å². The van der Waals surface area contributed by atoms with Crippen molar-refractivity contribution in [3.05, 3.63) is 79.4 Å². The molecule has 0 amide bonds. The van der Waals surface area contributed by atoms with Crippen LogP contribution in [0.5, 0.6) is 17.2 Å². The summed E-state index contributed by atoms with van der Waals surface area (Å²) in [4.78, 5) is 46.0. The van der Waals surface area contributed by atoms with Gasteiger partial charge in [-0.3, -0.25) is 0 Å². The van der Waals surface area contributed by atoms with Gasteiger partial charge in [-0.15, -0.1) is 0 Å². The lowest BCUT2D eigenvalue weighted by atomic mass is 10.2.